The lowest BCUT2D eigenvalue weighted by atomic mass is 9.91. The lowest BCUT2D eigenvalue weighted by molar-refractivity contribution is -0.0000239. The van der Waals surface area contributed by atoms with Gasteiger partial charge in [0.25, 0.3) is 0 Å². The Bertz CT molecular complexity index is 1500. The molecule has 1 aromatic heterocycles. The molecule has 0 saturated carbocycles. The van der Waals surface area contributed by atoms with Crippen LogP contribution in [0.2, 0.25) is 0 Å². The minimum Gasteiger partial charge on any atom is -1.00 e. The molecule has 7 nitrogen and oxygen atoms in total. The fourth-order valence-electron chi connectivity index (χ4n) is 5.14. The molecule has 4 aromatic rings. The van der Waals surface area contributed by atoms with Gasteiger partial charge in [0.15, 0.2) is 5.11 Å². The Labute approximate surface area is 253 Å². The molecule has 0 atom stereocenters. The summed E-state index contributed by atoms with van der Waals surface area (Å²) >= 11 is 5.51. The van der Waals surface area contributed by atoms with Gasteiger partial charge in [0.2, 0.25) is 0 Å². The molecule has 0 amide bonds. The molecular formula is C32H37ClN4O3S. The van der Waals surface area contributed by atoms with Crippen molar-refractivity contribution in [2.75, 3.05) is 47.8 Å². The molecule has 0 spiro atoms. The minimum atomic E-state index is -1.02. The van der Waals surface area contributed by atoms with Gasteiger partial charge >= 0.3 is 17.1 Å². The molecule has 0 aliphatic heterocycles. The maximum absolute atomic E-state index is 12.6. The molecule has 0 unspecified atom stereocenters. The van der Waals surface area contributed by atoms with Crippen LogP contribution in [0.4, 0.5) is 17.1 Å². The summed E-state index contributed by atoms with van der Waals surface area (Å²) in [6.45, 7) is 16.1. The summed E-state index contributed by atoms with van der Waals surface area (Å²) in [7, 11) is 0. The molecule has 3 N–H and O–H groups in total. The molecule has 0 radical (unpaired) electrons. The summed E-state index contributed by atoms with van der Waals surface area (Å²) in [6, 6.07) is 17.5. The number of aromatic carboxylic acids is 1. The van der Waals surface area contributed by atoms with E-state index >= 15 is 0 Å². The molecule has 3 aromatic carbocycles. The summed E-state index contributed by atoms with van der Waals surface area (Å²) in [5.74, 6) is -1.02. The number of carboxylic acid groups (broad SMARTS) is 1. The Morgan fingerprint density at radius 1 is 0.902 bits per heavy atom. The molecule has 4 rings (SSSR count). The first kappa shape index (κ1) is 31.6. The molecular weight excluding hydrogens is 556 g/mol. The Kier molecular flexibility index (Phi) is 10.9. The Balaban J connectivity index is 0.00000462. The van der Waals surface area contributed by atoms with Crippen LogP contribution in [-0.4, -0.2) is 48.9 Å². The number of hydrogen-bond donors (Lipinski definition) is 3. The van der Waals surface area contributed by atoms with Gasteiger partial charge in [0, 0.05) is 60.9 Å². The summed E-state index contributed by atoms with van der Waals surface area (Å²) in [4.78, 5) is 17.1. The number of nitrogens with zero attached hydrogens (tertiary/aromatic N) is 2. The van der Waals surface area contributed by atoms with Crippen LogP contribution in [0.5, 0.6) is 0 Å². The van der Waals surface area contributed by atoms with Crippen LogP contribution >= 0.6 is 12.2 Å². The molecule has 216 valence electrons. The van der Waals surface area contributed by atoms with Gasteiger partial charge in [-0.05, 0) is 76.3 Å². The molecule has 0 bridgehead atoms. The highest BCUT2D eigenvalue weighted by Crippen LogP contribution is 2.43. The number of fused-ring (bicyclic) bond motifs is 2. The number of anilines is 3. The number of nitrogens with one attached hydrogen (secondary N) is 2. The van der Waals surface area contributed by atoms with Crippen molar-refractivity contribution in [1.82, 2.24) is 5.32 Å². The Morgan fingerprint density at radius 2 is 1.44 bits per heavy atom. The second-order valence-electron chi connectivity index (χ2n) is 9.34. The molecule has 0 fully saturated rings. The van der Waals surface area contributed by atoms with Gasteiger partial charge in [-0.15, -0.1) is 6.58 Å². The van der Waals surface area contributed by atoms with Gasteiger partial charge in [0.05, 0.1) is 28.5 Å². The SMILES string of the molecule is C=CCNC(=S)Nc1cccc(C(=O)O)c1-c1c2ccc(N(CC)CC)cc2[o+]c2cc(N(CC)CC)ccc12.[Cl-]. The second kappa shape index (κ2) is 14.1. The molecule has 9 heteroatoms. The normalized spacial score (nSPS) is 10.6. The Hall–Kier alpha value is -3.88. The molecule has 41 heavy (non-hydrogen) atoms. The van der Waals surface area contributed by atoms with Crippen LogP contribution in [0.1, 0.15) is 38.1 Å². The first-order valence-corrected chi connectivity index (χ1v) is 14.1. The molecule has 0 aliphatic carbocycles. The van der Waals surface area contributed by atoms with E-state index < -0.39 is 5.97 Å². The molecule has 0 aliphatic rings. The summed E-state index contributed by atoms with van der Waals surface area (Å²) in [5.41, 5.74) is 5.55. The highest BCUT2D eigenvalue weighted by Gasteiger charge is 2.27. The second-order valence-corrected chi connectivity index (χ2v) is 9.75. The van der Waals surface area contributed by atoms with Crippen molar-refractivity contribution in [3.8, 4) is 11.1 Å². The third-order valence-corrected chi connectivity index (χ3v) is 7.39. The van der Waals surface area contributed by atoms with E-state index in [0.29, 0.717) is 34.1 Å². The van der Waals surface area contributed by atoms with Crippen LogP contribution in [0.3, 0.4) is 0 Å². The maximum atomic E-state index is 12.6. The van der Waals surface area contributed by atoms with Gasteiger partial charge < -0.3 is 37.9 Å². The number of carbonyl (C=O) groups is 1. The van der Waals surface area contributed by atoms with Crippen LogP contribution in [0.25, 0.3) is 33.1 Å². The van der Waals surface area contributed by atoms with E-state index in [1.165, 1.54) is 0 Å². The highest BCUT2D eigenvalue weighted by molar-refractivity contribution is 7.80. The van der Waals surface area contributed by atoms with E-state index in [1.54, 1.807) is 18.2 Å². The van der Waals surface area contributed by atoms with Crippen LogP contribution in [0, 0.1) is 0 Å². The number of carboxylic acids is 1. The van der Waals surface area contributed by atoms with Gasteiger partial charge in [-0.25, -0.2) is 9.21 Å². The lowest BCUT2D eigenvalue weighted by Crippen LogP contribution is -3.00. The standard InChI is InChI=1S/C32H36N4O3S.ClH/c1-6-18-33-32(40)34-26-13-11-12-25(31(37)38)30(26)29-23-16-14-21(35(7-2)8-3)19-27(23)39-28-20-22(15-17-24(28)29)36(9-4)10-5;/h6,11-17,19-20H,1,7-10,18H2,2-5H3,(H2-,33,34,37,38,40);1H. The fraction of sp³-hybridized carbons (Fsp3) is 0.281. The van der Waals surface area contributed by atoms with E-state index in [9.17, 15) is 9.90 Å². The molecule has 1 heterocycles. The number of benzene rings is 3. The van der Waals surface area contributed by atoms with Crippen molar-refractivity contribution in [1.29, 1.82) is 0 Å². The maximum Gasteiger partial charge on any atom is 0.363 e. The van der Waals surface area contributed by atoms with Gasteiger partial charge in [-0.1, -0.05) is 12.1 Å². The number of hydrogen-bond acceptors (Lipinski definition) is 4. The first-order chi connectivity index (χ1) is 19.4. The van der Waals surface area contributed by atoms with E-state index in [0.717, 1.165) is 53.9 Å². The highest BCUT2D eigenvalue weighted by atomic mass is 35.5. The average molecular weight is 593 g/mol. The zero-order chi connectivity index (χ0) is 28.8. The predicted molar refractivity (Wildman–Crippen MR) is 172 cm³/mol. The van der Waals surface area contributed by atoms with Crippen molar-refractivity contribution in [2.24, 2.45) is 0 Å². The van der Waals surface area contributed by atoms with Crippen molar-refractivity contribution in [3.63, 3.8) is 0 Å². The monoisotopic (exact) mass is 592 g/mol. The average Bonchev–Trinajstić information content (AvgIpc) is 2.96. The van der Waals surface area contributed by atoms with Crippen LogP contribution in [-0.2, 0) is 0 Å². The minimum absolute atomic E-state index is 0. The quantitative estimate of drug-likeness (QED) is 0.102. The number of thiocarbonyl (C=S) groups is 1. The first-order valence-electron chi connectivity index (χ1n) is 13.7. The number of halogens is 1. The zero-order valence-electron chi connectivity index (χ0n) is 24.0. The van der Waals surface area contributed by atoms with Gasteiger partial charge in [-0.2, -0.15) is 0 Å². The van der Waals surface area contributed by atoms with Crippen molar-refractivity contribution in [3.05, 3.63) is 72.8 Å². The van der Waals surface area contributed by atoms with E-state index in [2.05, 4.69) is 66.8 Å². The number of rotatable bonds is 11. The van der Waals surface area contributed by atoms with Gasteiger partial charge in [-0.3, -0.25) is 0 Å². The van der Waals surface area contributed by atoms with Gasteiger partial charge in [0.1, 0.15) is 0 Å². The summed E-state index contributed by atoms with van der Waals surface area (Å²) in [6.07, 6.45) is 1.71. The van der Waals surface area contributed by atoms with E-state index in [-0.39, 0.29) is 18.0 Å². The van der Waals surface area contributed by atoms with Crippen molar-refractivity contribution >= 4 is 62.3 Å². The van der Waals surface area contributed by atoms with E-state index in [1.807, 2.05) is 30.3 Å². The zero-order valence-corrected chi connectivity index (χ0v) is 25.5. The lowest BCUT2D eigenvalue weighted by Gasteiger charge is -2.21. The predicted octanol–water partition coefficient (Wildman–Crippen LogP) is 4.40. The third-order valence-electron chi connectivity index (χ3n) is 7.15. The Morgan fingerprint density at radius 3 is 1.90 bits per heavy atom. The van der Waals surface area contributed by atoms with Crippen LogP contribution < -0.4 is 32.8 Å². The fourth-order valence-corrected chi connectivity index (χ4v) is 5.34. The third kappa shape index (κ3) is 6.55. The topological polar surface area (TPSA) is 79.1 Å². The summed E-state index contributed by atoms with van der Waals surface area (Å²) < 4.78 is 6.57. The van der Waals surface area contributed by atoms with Crippen molar-refractivity contribution < 1.29 is 26.7 Å². The molecule has 0 saturated heterocycles. The largest absolute Gasteiger partial charge is 1.00 e. The van der Waals surface area contributed by atoms with Crippen LogP contribution in [0.15, 0.2) is 71.7 Å². The summed E-state index contributed by atoms with van der Waals surface area (Å²) in [5, 5.41) is 18.6. The van der Waals surface area contributed by atoms with Crippen molar-refractivity contribution in [2.45, 2.75) is 27.7 Å². The smallest absolute Gasteiger partial charge is 0.363 e. The van der Waals surface area contributed by atoms with E-state index in [4.69, 9.17) is 16.6 Å².